The monoisotopic (exact) mass is 450 g/mol. The molecule has 1 heterocycles. The maximum atomic E-state index is 12.8. The van der Waals surface area contributed by atoms with E-state index in [0.717, 1.165) is 11.3 Å². The highest BCUT2D eigenvalue weighted by Crippen LogP contribution is 2.25. The molecule has 1 fully saturated rings. The van der Waals surface area contributed by atoms with Crippen molar-refractivity contribution in [3.05, 3.63) is 60.2 Å². The highest BCUT2D eigenvalue weighted by Gasteiger charge is 2.32. The third-order valence-corrected chi connectivity index (χ3v) is 5.85. The van der Waals surface area contributed by atoms with Gasteiger partial charge in [-0.05, 0) is 49.6 Å². The number of rotatable bonds is 5. The Kier molecular flexibility index (Phi) is 7.74. The van der Waals surface area contributed by atoms with Gasteiger partial charge in [0.25, 0.3) is 0 Å². The van der Waals surface area contributed by atoms with E-state index >= 15 is 0 Å². The molecule has 0 aromatic heterocycles. The lowest BCUT2D eigenvalue weighted by Crippen LogP contribution is -2.46. The highest BCUT2D eigenvalue weighted by atomic mass is 16.2. The maximum Gasteiger partial charge on any atom is 0.323 e. The van der Waals surface area contributed by atoms with Crippen LogP contribution in [0.5, 0.6) is 0 Å². The van der Waals surface area contributed by atoms with E-state index < -0.39 is 5.41 Å². The average molecular weight is 451 g/mol. The molecule has 3 rings (SSSR count). The number of para-hydroxylation sites is 1. The van der Waals surface area contributed by atoms with Gasteiger partial charge in [0.1, 0.15) is 0 Å². The Morgan fingerprint density at radius 3 is 1.97 bits per heavy atom. The number of carbonyl (C=O) groups is 3. The number of anilines is 2. The third-order valence-electron chi connectivity index (χ3n) is 5.85. The van der Waals surface area contributed by atoms with E-state index in [4.69, 9.17) is 0 Å². The summed E-state index contributed by atoms with van der Waals surface area (Å²) in [6, 6.07) is 16.2. The standard InChI is InChI=1S/C26H34N4O3/c1-18(27-23(31)20-14-16-30(17-15-20)24(32)26(2,3)4)19-10-12-22(13-11-19)29-25(33)28-21-8-6-5-7-9-21/h5-13,18,20H,14-17H2,1-4H3,(H,27,31)(H2,28,29,33). The SMILES string of the molecule is CC(NC(=O)C1CCN(C(=O)C(C)(C)C)CC1)c1ccc(NC(=O)Nc2ccccc2)cc1. The molecule has 1 saturated heterocycles. The zero-order valence-corrected chi connectivity index (χ0v) is 19.9. The molecule has 1 aliphatic rings. The van der Waals surface area contributed by atoms with Crippen LogP contribution in [0.3, 0.4) is 0 Å². The summed E-state index contributed by atoms with van der Waals surface area (Å²) in [6.07, 6.45) is 1.36. The third kappa shape index (κ3) is 6.81. The smallest absolute Gasteiger partial charge is 0.323 e. The lowest BCUT2D eigenvalue weighted by molar-refractivity contribution is -0.142. The molecule has 2 aromatic rings. The fraction of sp³-hybridized carbons (Fsp3) is 0.423. The van der Waals surface area contributed by atoms with Crippen LogP contribution in [0, 0.1) is 11.3 Å². The largest absolute Gasteiger partial charge is 0.349 e. The molecule has 2 aromatic carbocycles. The minimum absolute atomic E-state index is 0.0230. The second-order valence-electron chi connectivity index (χ2n) is 9.61. The van der Waals surface area contributed by atoms with Crippen molar-refractivity contribution in [2.24, 2.45) is 11.3 Å². The molecule has 1 aliphatic heterocycles. The molecule has 3 N–H and O–H groups in total. The summed E-state index contributed by atoms with van der Waals surface area (Å²) >= 11 is 0. The van der Waals surface area contributed by atoms with Gasteiger partial charge in [0, 0.05) is 35.8 Å². The lowest BCUT2D eigenvalue weighted by Gasteiger charge is -2.35. The number of nitrogens with one attached hydrogen (secondary N) is 3. The van der Waals surface area contributed by atoms with E-state index in [1.807, 2.05) is 87.2 Å². The topological polar surface area (TPSA) is 90.5 Å². The van der Waals surface area contributed by atoms with Crippen LogP contribution in [0.1, 0.15) is 52.1 Å². The molecule has 1 unspecified atom stereocenters. The zero-order valence-electron chi connectivity index (χ0n) is 19.9. The van der Waals surface area contributed by atoms with Crippen molar-refractivity contribution in [3.8, 4) is 0 Å². The Balaban J connectivity index is 1.47. The Morgan fingerprint density at radius 1 is 0.879 bits per heavy atom. The number of carbonyl (C=O) groups excluding carboxylic acids is 3. The van der Waals surface area contributed by atoms with E-state index in [1.165, 1.54) is 0 Å². The fourth-order valence-electron chi connectivity index (χ4n) is 3.90. The Bertz CT molecular complexity index is 959. The second-order valence-corrected chi connectivity index (χ2v) is 9.61. The summed E-state index contributed by atoms with van der Waals surface area (Å²) in [5.74, 6) is 0.0785. The summed E-state index contributed by atoms with van der Waals surface area (Å²) in [5.41, 5.74) is 1.95. The van der Waals surface area contributed by atoms with Gasteiger partial charge in [-0.3, -0.25) is 9.59 Å². The number of nitrogens with zero attached hydrogens (tertiary/aromatic N) is 1. The van der Waals surface area contributed by atoms with E-state index in [1.54, 1.807) is 0 Å². The predicted octanol–water partition coefficient (Wildman–Crippen LogP) is 4.79. The van der Waals surface area contributed by atoms with E-state index in [0.29, 0.717) is 31.6 Å². The number of amides is 4. The summed E-state index contributed by atoms with van der Waals surface area (Å²) in [6.45, 7) is 8.95. The van der Waals surface area contributed by atoms with E-state index in [-0.39, 0.29) is 29.8 Å². The Labute approximate surface area is 195 Å². The highest BCUT2D eigenvalue weighted by molar-refractivity contribution is 5.99. The minimum Gasteiger partial charge on any atom is -0.349 e. The summed E-state index contributed by atoms with van der Waals surface area (Å²) in [4.78, 5) is 39.2. The van der Waals surface area contributed by atoms with Crippen molar-refractivity contribution in [2.45, 2.75) is 46.6 Å². The van der Waals surface area contributed by atoms with Gasteiger partial charge in [-0.15, -0.1) is 0 Å². The summed E-state index contributed by atoms with van der Waals surface area (Å²) in [7, 11) is 0. The van der Waals surface area contributed by atoms with Crippen molar-refractivity contribution < 1.29 is 14.4 Å². The number of benzene rings is 2. The predicted molar refractivity (Wildman–Crippen MR) is 131 cm³/mol. The minimum atomic E-state index is -0.396. The van der Waals surface area contributed by atoms with Crippen molar-refractivity contribution in [1.29, 1.82) is 0 Å². The molecule has 176 valence electrons. The van der Waals surface area contributed by atoms with Gasteiger partial charge in [-0.2, -0.15) is 0 Å². The van der Waals surface area contributed by atoms with Crippen LogP contribution < -0.4 is 16.0 Å². The van der Waals surface area contributed by atoms with Crippen molar-refractivity contribution in [3.63, 3.8) is 0 Å². The Morgan fingerprint density at radius 2 is 1.42 bits per heavy atom. The first kappa shape index (κ1) is 24.3. The normalized spacial score (nSPS) is 15.5. The van der Waals surface area contributed by atoms with Crippen molar-refractivity contribution >= 4 is 29.2 Å². The molecule has 1 atom stereocenters. The summed E-state index contributed by atoms with van der Waals surface area (Å²) < 4.78 is 0. The van der Waals surface area contributed by atoms with Gasteiger partial charge in [-0.1, -0.05) is 51.1 Å². The van der Waals surface area contributed by atoms with Crippen molar-refractivity contribution in [2.75, 3.05) is 23.7 Å². The Hall–Kier alpha value is -3.35. The van der Waals surface area contributed by atoms with Gasteiger partial charge >= 0.3 is 6.03 Å². The first-order chi connectivity index (χ1) is 15.6. The second kappa shape index (κ2) is 10.5. The molecule has 0 radical (unpaired) electrons. The first-order valence-electron chi connectivity index (χ1n) is 11.5. The first-order valence-corrected chi connectivity index (χ1v) is 11.5. The van der Waals surface area contributed by atoms with E-state index in [2.05, 4.69) is 16.0 Å². The summed E-state index contributed by atoms with van der Waals surface area (Å²) in [5, 5.41) is 8.67. The molecule has 0 aliphatic carbocycles. The van der Waals surface area contributed by atoms with Gasteiger partial charge in [0.2, 0.25) is 11.8 Å². The lowest BCUT2D eigenvalue weighted by atomic mass is 9.90. The van der Waals surface area contributed by atoms with Crippen LogP contribution >= 0.6 is 0 Å². The quantitative estimate of drug-likeness (QED) is 0.612. The van der Waals surface area contributed by atoms with Crippen LogP contribution in [0.4, 0.5) is 16.2 Å². The van der Waals surface area contributed by atoms with Gasteiger partial charge in [-0.25, -0.2) is 4.79 Å². The number of hydrogen-bond donors (Lipinski definition) is 3. The molecule has 0 bridgehead atoms. The number of piperidine rings is 1. The molecule has 33 heavy (non-hydrogen) atoms. The fourth-order valence-corrected chi connectivity index (χ4v) is 3.90. The number of urea groups is 1. The van der Waals surface area contributed by atoms with Crippen LogP contribution in [0.15, 0.2) is 54.6 Å². The molecule has 7 heteroatoms. The van der Waals surface area contributed by atoms with Crippen molar-refractivity contribution in [1.82, 2.24) is 10.2 Å². The molecule has 0 saturated carbocycles. The van der Waals surface area contributed by atoms with E-state index in [9.17, 15) is 14.4 Å². The van der Waals surface area contributed by atoms with Crippen LogP contribution in [0.25, 0.3) is 0 Å². The van der Waals surface area contributed by atoms with Crippen LogP contribution in [-0.4, -0.2) is 35.8 Å². The molecular weight excluding hydrogens is 416 g/mol. The van der Waals surface area contributed by atoms with Gasteiger partial charge < -0.3 is 20.9 Å². The van der Waals surface area contributed by atoms with Gasteiger partial charge in [0.15, 0.2) is 0 Å². The molecule has 0 spiro atoms. The number of hydrogen-bond acceptors (Lipinski definition) is 3. The molecule has 4 amide bonds. The van der Waals surface area contributed by atoms with Gasteiger partial charge in [0.05, 0.1) is 6.04 Å². The molecule has 7 nitrogen and oxygen atoms in total. The average Bonchev–Trinajstić information content (AvgIpc) is 2.79. The maximum absolute atomic E-state index is 12.8. The zero-order chi connectivity index (χ0) is 24.0. The number of likely N-dealkylation sites (tertiary alicyclic amines) is 1. The van der Waals surface area contributed by atoms with Crippen LogP contribution in [-0.2, 0) is 9.59 Å². The van der Waals surface area contributed by atoms with Crippen LogP contribution in [0.2, 0.25) is 0 Å². The molecular formula is C26H34N4O3.